The molecule has 0 saturated carbocycles. The molecule has 8 nitrogen and oxygen atoms in total. The molecule has 0 bridgehead atoms. The van der Waals surface area contributed by atoms with Gasteiger partial charge in [0.2, 0.25) is 11.6 Å². The summed E-state index contributed by atoms with van der Waals surface area (Å²) in [6.45, 7) is 6.46. The highest BCUT2D eigenvalue weighted by Gasteiger charge is 2.26. The van der Waals surface area contributed by atoms with Crippen molar-refractivity contribution in [1.29, 1.82) is 0 Å². The van der Waals surface area contributed by atoms with E-state index < -0.39 is 4.92 Å². The van der Waals surface area contributed by atoms with E-state index in [0.29, 0.717) is 25.5 Å². The van der Waals surface area contributed by atoms with Gasteiger partial charge < -0.3 is 15.0 Å². The van der Waals surface area contributed by atoms with Crippen LogP contribution in [0.25, 0.3) is 0 Å². The Hall–Kier alpha value is -1.96. The maximum atomic E-state index is 11.4. The Labute approximate surface area is 123 Å². The summed E-state index contributed by atoms with van der Waals surface area (Å²) >= 11 is 0. The Bertz CT molecular complexity index is 487. The van der Waals surface area contributed by atoms with Crippen LogP contribution in [0.1, 0.15) is 26.7 Å². The predicted octanol–water partition coefficient (Wildman–Crippen LogP) is 1.82. The lowest BCUT2D eigenvalue weighted by Crippen LogP contribution is -2.25. The number of hydrogen-bond donors (Lipinski definition) is 1. The van der Waals surface area contributed by atoms with Crippen LogP contribution in [-0.4, -0.2) is 47.2 Å². The molecule has 1 N–H and O–H groups in total. The largest absolute Gasteiger partial charge is 0.376 e. The molecule has 1 fully saturated rings. The molecule has 2 rings (SSSR count). The standard InChI is InChI=1S/C13H21N5O3/c1-3-17(4-2)13-11(18(19)20)12(15-9-16-13)14-8-10-6-5-7-21-10/h9-10H,3-8H2,1-2H3,(H,14,15,16). The van der Waals surface area contributed by atoms with Crippen molar-refractivity contribution in [2.24, 2.45) is 0 Å². The summed E-state index contributed by atoms with van der Waals surface area (Å²) in [5, 5.41) is 14.4. The van der Waals surface area contributed by atoms with E-state index in [1.54, 1.807) is 0 Å². The van der Waals surface area contributed by atoms with Crippen LogP contribution in [0.15, 0.2) is 6.33 Å². The SMILES string of the molecule is CCN(CC)c1ncnc(NCC2CCCO2)c1[N+](=O)[O-]. The molecule has 1 unspecified atom stereocenters. The third kappa shape index (κ3) is 3.57. The van der Waals surface area contributed by atoms with Crippen LogP contribution in [0.5, 0.6) is 0 Å². The van der Waals surface area contributed by atoms with E-state index in [0.717, 1.165) is 19.4 Å². The molecule has 0 aliphatic carbocycles. The molecule has 1 saturated heterocycles. The van der Waals surface area contributed by atoms with Gasteiger partial charge in [0.15, 0.2) is 0 Å². The smallest absolute Gasteiger partial charge is 0.353 e. The summed E-state index contributed by atoms with van der Waals surface area (Å²) in [7, 11) is 0. The highest BCUT2D eigenvalue weighted by Crippen LogP contribution is 2.31. The minimum Gasteiger partial charge on any atom is -0.376 e. The number of aromatic nitrogens is 2. The van der Waals surface area contributed by atoms with Crippen LogP contribution in [0.4, 0.5) is 17.3 Å². The Morgan fingerprint density at radius 1 is 1.48 bits per heavy atom. The summed E-state index contributed by atoms with van der Waals surface area (Å²) in [6.07, 6.45) is 3.45. The van der Waals surface area contributed by atoms with Gasteiger partial charge in [0, 0.05) is 26.2 Å². The molecule has 8 heteroatoms. The molecule has 116 valence electrons. The van der Waals surface area contributed by atoms with Gasteiger partial charge in [0.1, 0.15) is 6.33 Å². The quantitative estimate of drug-likeness (QED) is 0.605. The van der Waals surface area contributed by atoms with Crippen molar-refractivity contribution in [2.45, 2.75) is 32.8 Å². The highest BCUT2D eigenvalue weighted by atomic mass is 16.6. The van der Waals surface area contributed by atoms with Gasteiger partial charge >= 0.3 is 5.69 Å². The fourth-order valence-corrected chi connectivity index (χ4v) is 2.44. The van der Waals surface area contributed by atoms with Gasteiger partial charge in [-0.25, -0.2) is 9.97 Å². The number of hydrogen-bond acceptors (Lipinski definition) is 7. The van der Waals surface area contributed by atoms with Crippen molar-refractivity contribution in [3.05, 3.63) is 16.4 Å². The molecule has 21 heavy (non-hydrogen) atoms. The minimum absolute atomic E-state index is 0.0702. The summed E-state index contributed by atoms with van der Waals surface area (Å²) in [6, 6.07) is 0. The van der Waals surface area contributed by atoms with Crippen LogP contribution in [0, 0.1) is 10.1 Å². The van der Waals surface area contributed by atoms with Gasteiger partial charge in [-0.3, -0.25) is 10.1 Å². The van der Waals surface area contributed by atoms with Crippen LogP contribution in [-0.2, 0) is 4.74 Å². The van der Waals surface area contributed by atoms with E-state index in [4.69, 9.17) is 4.74 Å². The molecule has 1 aromatic heterocycles. The zero-order chi connectivity index (χ0) is 15.2. The highest BCUT2D eigenvalue weighted by molar-refractivity contribution is 5.70. The average Bonchev–Trinajstić information content (AvgIpc) is 2.99. The van der Waals surface area contributed by atoms with Crippen molar-refractivity contribution in [2.75, 3.05) is 36.5 Å². The average molecular weight is 295 g/mol. The van der Waals surface area contributed by atoms with Crippen LogP contribution in [0.2, 0.25) is 0 Å². The van der Waals surface area contributed by atoms with E-state index in [-0.39, 0.29) is 17.6 Å². The van der Waals surface area contributed by atoms with E-state index >= 15 is 0 Å². The second-order valence-electron chi connectivity index (χ2n) is 4.84. The molecule has 0 spiro atoms. The number of nitrogens with zero attached hydrogens (tertiary/aromatic N) is 4. The van der Waals surface area contributed by atoms with Gasteiger partial charge in [0.05, 0.1) is 11.0 Å². The Kier molecular flexibility index (Phi) is 5.26. The predicted molar refractivity (Wildman–Crippen MR) is 79.7 cm³/mol. The molecular formula is C13H21N5O3. The Morgan fingerprint density at radius 3 is 2.81 bits per heavy atom. The Morgan fingerprint density at radius 2 is 2.24 bits per heavy atom. The third-order valence-electron chi connectivity index (χ3n) is 3.57. The lowest BCUT2D eigenvalue weighted by molar-refractivity contribution is -0.383. The maximum Gasteiger partial charge on any atom is 0.353 e. The topological polar surface area (TPSA) is 93.4 Å². The molecule has 1 aliphatic heterocycles. The number of ether oxygens (including phenoxy) is 1. The number of anilines is 2. The fourth-order valence-electron chi connectivity index (χ4n) is 2.44. The summed E-state index contributed by atoms with van der Waals surface area (Å²) in [4.78, 5) is 20.9. The van der Waals surface area contributed by atoms with Crippen molar-refractivity contribution in [3.8, 4) is 0 Å². The van der Waals surface area contributed by atoms with Crippen molar-refractivity contribution < 1.29 is 9.66 Å². The fraction of sp³-hybridized carbons (Fsp3) is 0.692. The molecule has 0 aromatic carbocycles. The Balaban J connectivity index is 2.22. The molecule has 0 amide bonds. The monoisotopic (exact) mass is 295 g/mol. The van der Waals surface area contributed by atoms with E-state index in [2.05, 4.69) is 15.3 Å². The van der Waals surface area contributed by atoms with Crippen molar-refractivity contribution in [3.63, 3.8) is 0 Å². The first kappa shape index (κ1) is 15.4. The molecule has 0 radical (unpaired) electrons. The van der Waals surface area contributed by atoms with Crippen LogP contribution in [0.3, 0.4) is 0 Å². The molecule has 2 heterocycles. The van der Waals surface area contributed by atoms with E-state index in [1.165, 1.54) is 6.33 Å². The van der Waals surface area contributed by atoms with Gasteiger partial charge in [0.25, 0.3) is 0 Å². The zero-order valence-electron chi connectivity index (χ0n) is 12.4. The van der Waals surface area contributed by atoms with E-state index in [1.807, 2.05) is 18.7 Å². The van der Waals surface area contributed by atoms with Gasteiger partial charge in [-0.2, -0.15) is 0 Å². The second-order valence-corrected chi connectivity index (χ2v) is 4.84. The molecule has 1 aromatic rings. The number of nitrogens with one attached hydrogen (secondary N) is 1. The van der Waals surface area contributed by atoms with Crippen molar-refractivity contribution >= 4 is 17.3 Å². The lowest BCUT2D eigenvalue weighted by atomic mass is 10.2. The third-order valence-corrected chi connectivity index (χ3v) is 3.57. The normalized spacial score (nSPS) is 17.7. The second kappa shape index (κ2) is 7.16. The number of rotatable bonds is 7. The van der Waals surface area contributed by atoms with Crippen LogP contribution >= 0.6 is 0 Å². The first-order valence-corrected chi connectivity index (χ1v) is 7.27. The zero-order valence-corrected chi connectivity index (χ0v) is 12.4. The lowest BCUT2D eigenvalue weighted by Gasteiger charge is -2.20. The van der Waals surface area contributed by atoms with Crippen LogP contribution < -0.4 is 10.2 Å². The van der Waals surface area contributed by atoms with Crippen molar-refractivity contribution in [1.82, 2.24) is 9.97 Å². The summed E-state index contributed by atoms with van der Waals surface area (Å²) in [5.74, 6) is 0.613. The number of nitro groups is 1. The minimum atomic E-state index is -0.425. The van der Waals surface area contributed by atoms with Gasteiger partial charge in [-0.15, -0.1) is 0 Å². The van der Waals surface area contributed by atoms with Gasteiger partial charge in [-0.1, -0.05) is 0 Å². The summed E-state index contributed by atoms with van der Waals surface area (Å²) < 4.78 is 5.51. The molecule has 1 aliphatic rings. The maximum absolute atomic E-state index is 11.4. The molecule has 1 atom stereocenters. The first-order chi connectivity index (χ1) is 10.2. The molecular weight excluding hydrogens is 274 g/mol. The summed E-state index contributed by atoms with van der Waals surface area (Å²) in [5.41, 5.74) is -0.0702. The van der Waals surface area contributed by atoms with Gasteiger partial charge in [-0.05, 0) is 26.7 Å². The van der Waals surface area contributed by atoms with E-state index in [9.17, 15) is 10.1 Å². The first-order valence-electron chi connectivity index (χ1n) is 7.27.